The minimum absolute atomic E-state index is 0.0707. The number of aromatic nitrogens is 3. The molecule has 2 aromatic rings. The fraction of sp³-hybridized carbons (Fsp3) is 0.500. The van der Waals surface area contributed by atoms with Crippen molar-refractivity contribution in [3.05, 3.63) is 39.5 Å². The number of nitrogens with zero attached hydrogens (tertiary/aromatic N) is 2. The molecule has 0 aliphatic rings. The third kappa shape index (κ3) is 3.00. The minimum atomic E-state index is -0.177. The van der Waals surface area contributed by atoms with E-state index >= 15 is 0 Å². The number of ketones is 1. The Morgan fingerprint density at radius 2 is 1.88 bits per heavy atom. The van der Waals surface area contributed by atoms with Crippen molar-refractivity contribution in [3.8, 4) is 0 Å². The summed E-state index contributed by atoms with van der Waals surface area (Å²) in [5.74, 6) is -0.247. The fourth-order valence-corrected chi connectivity index (χ4v) is 3.43. The molecule has 0 radical (unpaired) electrons. The molecule has 0 saturated carbocycles. The zero-order valence-electron chi connectivity index (χ0n) is 15.5. The number of H-pyrrole nitrogens is 1. The molecule has 0 unspecified atom stereocenters. The first-order chi connectivity index (χ1) is 11.2. The lowest BCUT2D eigenvalue weighted by Crippen LogP contribution is -2.28. The van der Waals surface area contributed by atoms with Crippen LogP contribution in [0.3, 0.4) is 0 Å². The SMILES string of the molecule is CCn1nc(C)c([C@H](C)NC(=O)c2c(C)[nH]c(C(C)=O)c2C)c1C. The maximum Gasteiger partial charge on any atom is 0.253 e. The molecular formula is C18H26N4O2. The van der Waals surface area contributed by atoms with Crippen LogP contribution < -0.4 is 5.32 Å². The van der Waals surface area contributed by atoms with Crippen molar-refractivity contribution in [2.75, 3.05) is 0 Å². The van der Waals surface area contributed by atoms with Gasteiger partial charge in [0.2, 0.25) is 0 Å². The van der Waals surface area contributed by atoms with Gasteiger partial charge in [0.25, 0.3) is 5.91 Å². The second kappa shape index (κ2) is 6.63. The molecule has 1 amide bonds. The highest BCUT2D eigenvalue weighted by molar-refractivity contribution is 6.02. The highest BCUT2D eigenvalue weighted by Gasteiger charge is 2.24. The Bertz CT molecular complexity index is 799. The summed E-state index contributed by atoms with van der Waals surface area (Å²) in [5.41, 5.74) is 5.48. The van der Waals surface area contributed by atoms with Crippen LogP contribution in [-0.4, -0.2) is 26.5 Å². The molecule has 0 aliphatic heterocycles. The van der Waals surface area contributed by atoms with Gasteiger partial charge in [-0.3, -0.25) is 14.3 Å². The molecule has 2 heterocycles. The Labute approximate surface area is 142 Å². The maximum absolute atomic E-state index is 12.7. The van der Waals surface area contributed by atoms with Crippen LogP contribution in [0.5, 0.6) is 0 Å². The number of aromatic amines is 1. The highest BCUT2D eigenvalue weighted by Crippen LogP contribution is 2.23. The standard InChI is InChI=1S/C18H26N4O2/c1-8-22-13(6)16(12(5)21-22)11(4)20-18(24)15-9(2)17(14(7)23)19-10(15)3/h11,19H,8H2,1-7H3,(H,20,24)/t11-/m0/s1. The quantitative estimate of drug-likeness (QED) is 0.826. The number of Topliss-reactive ketones (excluding diaryl/α,β-unsaturated/α-hetero) is 1. The molecule has 24 heavy (non-hydrogen) atoms. The molecule has 2 aromatic heterocycles. The Balaban J connectivity index is 2.31. The summed E-state index contributed by atoms with van der Waals surface area (Å²) in [7, 11) is 0. The first-order valence-corrected chi connectivity index (χ1v) is 8.23. The van der Waals surface area contributed by atoms with Crippen molar-refractivity contribution in [1.82, 2.24) is 20.1 Å². The van der Waals surface area contributed by atoms with Gasteiger partial charge in [0.15, 0.2) is 5.78 Å². The van der Waals surface area contributed by atoms with Crippen LogP contribution in [0, 0.1) is 27.7 Å². The molecule has 6 heteroatoms. The predicted octanol–water partition coefficient (Wildman–Crippen LogP) is 3.16. The Morgan fingerprint density at radius 3 is 2.33 bits per heavy atom. The van der Waals surface area contributed by atoms with Gasteiger partial charge in [0.05, 0.1) is 23.0 Å². The van der Waals surface area contributed by atoms with E-state index in [1.54, 1.807) is 6.92 Å². The highest BCUT2D eigenvalue weighted by atomic mass is 16.2. The Hall–Kier alpha value is -2.37. The van der Waals surface area contributed by atoms with E-state index in [9.17, 15) is 9.59 Å². The lowest BCUT2D eigenvalue weighted by molar-refractivity contribution is 0.0938. The second-order valence-electron chi connectivity index (χ2n) is 6.28. The number of amides is 1. The second-order valence-corrected chi connectivity index (χ2v) is 6.28. The number of nitrogens with one attached hydrogen (secondary N) is 2. The fourth-order valence-electron chi connectivity index (χ4n) is 3.43. The Morgan fingerprint density at radius 1 is 1.25 bits per heavy atom. The molecule has 0 saturated heterocycles. The zero-order valence-corrected chi connectivity index (χ0v) is 15.5. The molecule has 0 aromatic carbocycles. The van der Waals surface area contributed by atoms with Gasteiger partial charge in [-0.15, -0.1) is 0 Å². The first kappa shape index (κ1) is 18.0. The topological polar surface area (TPSA) is 79.8 Å². The van der Waals surface area contributed by atoms with Crippen LogP contribution in [0.2, 0.25) is 0 Å². The average Bonchev–Trinajstić information content (AvgIpc) is 2.94. The van der Waals surface area contributed by atoms with E-state index in [2.05, 4.69) is 15.4 Å². The van der Waals surface area contributed by atoms with Crippen LogP contribution in [0.1, 0.15) is 75.9 Å². The molecule has 130 valence electrons. The summed E-state index contributed by atoms with van der Waals surface area (Å²) in [6.45, 7) is 13.9. The zero-order chi connectivity index (χ0) is 18.2. The van der Waals surface area contributed by atoms with E-state index < -0.39 is 0 Å². The number of carbonyl (C=O) groups is 2. The molecule has 0 fully saturated rings. The van der Waals surface area contributed by atoms with Crippen LogP contribution in [0.15, 0.2) is 0 Å². The third-order valence-corrected chi connectivity index (χ3v) is 4.53. The Kier molecular flexibility index (Phi) is 4.96. The van der Waals surface area contributed by atoms with E-state index in [0.717, 1.165) is 23.5 Å². The third-order valence-electron chi connectivity index (χ3n) is 4.53. The van der Waals surface area contributed by atoms with Crippen molar-refractivity contribution in [3.63, 3.8) is 0 Å². The number of aryl methyl sites for hydroxylation is 3. The minimum Gasteiger partial charge on any atom is -0.355 e. The molecule has 6 nitrogen and oxygen atoms in total. The van der Waals surface area contributed by atoms with Gasteiger partial charge in [-0.25, -0.2) is 0 Å². The lowest BCUT2D eigenvalue weighted by atomic mass is 10.0. The normalized spacial score (nSPS) is 12.3. The van der Waals surface area contributed by atoms with Gasteiger partial charge in [0, 0.05) is 30.4 Å². The van der Waals surface area contributed by atoms with Crippen molar-refractivity contribution < 1.29 is 9.59 Å². The van der Waals surface area contributed by atoms with Gasteiger partial charge in [-0.2, -0.15) is 5.10 Å². The number of rotatable bonds is 5. The molecule has 0 spiro atoms. The van der Waals surface area contributed by atoms with E-state index in [4.69, 9.17) is 0 Å². The average molecular weight is 330 g/mol. The number of hydrogen-bond donors (Lipinski definition) is 2. The van der Waals surface area contributed by atoms with Crippen molar-refractivity contribution >= 4 is 11.7 Å². The smallest absolute Gasteiger partial charge is 0.253 e. The van der Waals surface area contributed by atoms with Crippen LogP contribution >= 0.6 is 0 Å². The molecule has 1 atom stereocenters. The van der Waals surface area contributed by atoms with Crippen LogP contribution in [0.4, 0.5) is 0 Å². The summed E-state index contributed by atoms with van der Waals surface area (Å²) >= 11 is 0. The number of carbonyl (C=O) groups excluding carboxylic acids is 2. The summed E-state index contributed by atoms with van der Waals surface area (Å²) in [6.07, 6.45) is 0. The summed E-state index contributed by atoms with van der Waals surface area (Å²) < 4.78 is 1.94. The van der Waals surface area contributed by atoms with Crippen molar-refractivity contribution in [1.29, 1.82) is 0 Å². The first-order valence-electron chi connectivity index (χ1n) is 8.23. The van der Waals surface area contributed by atoms with Crippen molar-refractivity contribution in [2.45, 2.75) is 61.1 Å². The summed E-state index contributed by atoms with van der Waals surface area (Å²) in [5, 5.41) is 7.55. The van der Waals surface area contributed by atoms with E-state index in [1.165, 1.54) is 6.92 Å². The van der Waals surface area contributed by atoms with E-state index in [-0.39, 0.29) is 17.7 Å². The van der Waals surface area contributed by atoms with E-state index in [0.29, 0.717) is 22.5 Å². The van der Waals surface area contributed by atoms with Gasteiger partial charge in [-0.05, 0) is 47.1 Å². The largest absolute Gasteiger partial charge is 0.355 e. The molecule has 2 N–H and O–H groups in total. The van der Waals surface area contributed by atoms with Gasteiger partial charge < -0.3 is 10.3 Å². The van der Waals surface area contributed by atoms with Gasteiger partial charge in [0.1, 0.15) is 0 Å². The van der Waals surface area contributed by atoms with Gasteiger partial charge in [-0.1, -0.05) is 0 Å². The molecule has 0 aliphatic carbocycles. The summed E-state index contributed by atoms with van der Waals surface area (Å²) in [6, 6.07) is -0.160. The van der Waals surface area contributed by atoms with Gasteiger partial charge >= 0.3 is 0 Å². The van der Waals surface area contributed by atoms with Crippen LogP contribution in [0.25, 0.3) is 0 Å². The molecular weight excluding hydrogens is 304 g/mol. The molecule has 2 rings (SSSR count). The van der Waals surface area contributed by atoms with Crippen LogP contribution in [-0.2, 0) is 6.54 Å². The predicted molar refractivity (Wildman–Crippen MR) is 93.5 cm³/mol. The number of hydrogen-bond acceptors (Lipinski definition) is 3. The summed E-state index contributed by atoms with van der Waals surface area (Å²) in [4.78, 5) is 27.4. The van der Waals surface area contributed by atoms with E-state index in [1.807, 2.05) is 39.3 Å². The monoisotopic (exact) mass is 330 g/mol. The molecule has 0 bridgehead atoms. The van der Waals surface area contributed by atoms with Crippen molar-refractivity contribution in [2.24, 2.45) is 0 Å². The maximum atomic E-state index is 12.7. The lowest BCUT2D eigenvalue weighted by Gasteiger charge is -2.15.